The van der Waals surface area contributed by atoms with Gasteiger partial charge in [0.15, 0.2) is 0 Å². The van der Waals surface area contributed by atoms with E-state index in [1.807, 2.05) is 36.4 Å². The van der Waals surface area contributed by atoms with Crippen molar-refractivity contribution < 1.29 is 4.42 Å². The minimum Gasteiger partial charge on any atom is -0.459 e. The summed E-state index contributed by atoms with van der Waals surface area (Å²) < 4.78 is 5.78. The second-order valence-electron chi connectivity index (χ2n) is 4.56. The maximum atomic E-state index is 6.16. The number of nitrogens with zero attached hydrogens (tertiary/aromatic N) is 4. The molecule has 0 fully saturated rings. The molecule has 0 aliphatic heterocycles. The molecule has 2 heterocycles. The van der Waals surface area contributed by atoms with Gasteiger partial charge in [0, 0.05) is 5.56 Å². The largest absolute Gasteiger partial charge is 0.459 e. The van der Waals surface area contributed by atoms with Gasteiger partial charge in [-0.3, -0.25) is 0 Å². The first kappa shape index (κ1) is 14.3. The Morgan fingerprint density at radius 1 is 1.27 bits per heavy atom. The Balaban J connectivity index is 1.66. The molecule has 0 aliphatic rings. The lowest BCUT2D eigenvalue weighted by molar-refractivity contribution is 0.530. The SMILES string of the molecule is C=CCn1nnc(NCc2ccc(-c3ccccc3Cl)o2)n1. The van der Waals surface area contributed by atoms with Gasteiger partial charge in [0.1, 0.15) is 11.5 Å². The molecule has 0 spiro atoms. The minimum atomic E-state index is 0.442. The normalized spacial score (nSPS) is 10.6. The molecular weight excluding hydrogens is 302 g/mol. The molecular formula is C15H14ClN5O. The van der Waals surface area contributed by atoms with Gasteiger partial charge in [-0.15, -0.1) is 11.7 Å². The van der Waals surface area contributed by atoms with Crippen molar-refractivity contribution in [2.45, 2.75) is 13.1 Å². The van der Waals surface area contributed by atoms with Crippen LogP contribution in [-0.2, 0) is 13.1 Å². The summed E-state index contributed by atoms with van der Waals surface area (Å²) in [6.45, 7) is 4.61. The van der Waals surface area contributed by atoms with E-state index in [1.54, 1.807) is 6.08 Å². The summed E-state index contributed by atoms with van der Waals surface area (Å²) >= 11 is 6.16. The van der Waals surface area contributed by atoms with E-state index >= 15 is 0 Å². The van der Waals surface area contributed by atoms with Crippen molar-refractivity contribution in [3.05, 3.63) is 59.8 Å². The molecule has 0 atom stereocenters. The number of anilines is 1. The summed E-state index contributed by atoms with van der Waals surface area (Å²) in [5, 5.41) is 15.6. The van der Waals surface area contributed by atoms with Crippen LogP contribution in [0.5, 0.6) is 0 Å². The van der Waals surface area contributed by atoms with Crippen LogP contribution in [0.15, 0.2) is 53.5 Å². The van der Waals surface area contributed by atoms with Crippen molar-refractivity contribution in [1.82, 2.24) is 20.2 Å². The lowest BCUT2D eigenvalue weighted by Crippen LogP contribution is -2.02. The molecule has 1 aromatic carbocycles. The molecule has 112 valence electrons. The Bertz CT molecular complexity index is 780. The highest BCUT2D eigenvalue weighted by molar-refractivity contribution is 6.33. The maximum Gasteiger partial charge on any atom is 0.263 e. The number of furan rings is 1. The number of tetrazole rings is 1. The molecule has 22 heavy (non-hydrogen) atoms. The highest BCUT2D eigenvalue weighted by atomic mass is 35.5. The quantitative estimate of drug-likeness (QED) is 0.706. The van der Waals surface area contributed by atoms with Crippen LogP contribution in [-0.4, -0.2) is 20.2 Å². The van der Waals surface area contributed by atoms with Gasteiger partial charge < -0.3 is 9.73 Å². The molecule has 0 radical (unpaired) electrons. The third-order valence-corrected chi connectivity index (χ3v) is 3.30. The Labute approximate surface area is 132 Å². The molecule has 1 N–H and O–H groups in total. The third kappa shape index (κ3) is 3.17. The molecule has 7 heteroatoms. The standard InChI is InChI=1S/C15H14ClN5O/c1-2-9-21-19-15(18-20-21)17-10-11-7-8-14(22-11)12-5-3-4-6-13(12)16/h2-8H,1,9-10H2,(H,17,19). The van der Waals surface area contributed by atoms with Gasteiger partial charge in [0.05, 0.1) is 18.1 Å². The number of nitrogens with one attached hydrogen (secondary N) is 1. The Morgan fingerprint density at radius 2 is 2.14 bits per heavy atom. The van der Waals surface area contributed by atoms with Crippen molar-refractivity contribution in [2.75, 3.05) is 5.32 Å². The van der Waals surface area contributed by atoms with Crippen LogP contribution in [0.3, 0.4) is 0 Å². The van der Waals surface area contributed by atoms with E-state index in [2.05, 4.69) is 27.3 Å². The summed E-state index contributed by atoms with van der Waals surface area (Å²) in [4.78, 5) is 1.45. The second kappa shape index (κ2) is 6.44. The van der Waals surface area contributed by atoms with E-state index in [-0.39, 0.29) is 0 Å². The zero-order valence-electron chi connectivity index (χ0n) is 11.7. The van der Waals surface area contributed by atoms with Gasteiger partial charge in [-0.25, -0.2) is 0 Å². The highest BCUT2D eigenvalue weighted by Crippen LogP contribution is 2.29. The van der Waals surface area contributed by atoms with E-state index in [1.165, 1.54) is 4.80 Å². The van der Waals surface area contributed by atoms with E-state index < -0.39 is 0 Å². The first-order chi connectivity index (χ1) is 10.8. The fourth-order valence-electron chi connectivity index (χ4n) is 1.95. The molecule has 3 aromatic rings. The van der Waals surface area contributed by atoms with Crippen LogP contribution in [0.1, 0.15) is 5.76 Å². The summed E-state index contributed by atoms with van der Waals surface area (Å²) in [6, 6.07) is 11.3. The van der Waals surface area contributed by atoms with Crippen LogP contribution in [0.2, 0.25) is 5.02 Å². The lowest BCUT2D eigenvalue weighted by Gasteiger charge is -2.00. The summed E-state index contributed by atoms with van der Waals surface area (Å²) in [5.41, 5.74) is 0.866. The fourth-order valence-corrected chi connectivity index (χ4v) is 2.18. The molecule has 3 rings (SSSR count). The summed E-state index contributed by atoms with van der Waals surface area (Å²) in [6.07, 6.45) is 1.70. The lowest BCUT2D eigenvalue weighted by atomic mass is 10.2. The van der Waals surface area contributed by atoms with Gasteiger partial charge in [0.25, 0.3) is 5.95 Å². The molecule has 0 unspecified atom stereocenters. The second-order valence-corrected chi connectivity index (χ2v) is 4.96. The van der Waals surface area contributed by atoms with Crippen molar-refractivity contribution in [1.29, 1.82) is 0 Å². The van der Waals surface area contributed by atoms with Crippen molar-refractivity contribution in [3.63, 3.8) is 0 Å². The predicted octanol–water partition coefficient (Wildman–Crippen LogP) is 3.38. The van der Waals surface area contributed by atoms with Gasteiger partial charge in [0.2, 0.25) is 0 Å². The Morgan fingerprint density at radius 3 is 2.95 bits per heavy atom. The molecule has 0 aliphatic carbocycles. The average molecular weight is 316 g/mol. The van der Waals surface area contributed by atoms with Gasteiger partial charge >= 0.3 is 0 Å². The number of allylic oxidation sites excluding steroid dienone is 1. The highest BCUT2D eigenvalue weighted by Gasteiger charge is 2.09. The van der Waals surface area contributed by atoms with E-state index in [9.17, 15) is 0 Å². The topological polar surface area (TPSA) is 68.8 Å². The summed E-state index contributed by atoms with van der Waals surface area (Å²) in [7, 11) is 0. The third-order valence-electron chi connectivity index (χ3n) is 2.97. The molecule has 6 nitrogen and oxygen atoms in total. The maximum absolute atomic E-state index is 6.16. The zero-order chi connectivity index (χ0) is 15.4. The van der Waals surface area contributed by atoms with Gasteiger partial charge in [-0.05, 0) is 29.5 Å². The van der Waals surface area contributed by atoms with Crippen LogP contribution >= 0.6 is 11.6 Å². The van der Waals surface area contributed by atoms with Gasteiger partial charge in [-0.1, -0.05) is 34.9 Å². The van der Waals surface area contributed by atoms with Gasteiger partial charge in [-0.2, -0.15) is 4.80 Å². The molecule has 0 bridgehead atoms. The van der Waals surface area contributed by atoms with Crippen LogP contribution in [0.4, 0.5) is 5.95 Å². The van der Waals surface area contributed by atoms with Crippen molar-refractivity contribution in [2.24, 2.45) is 0 Å². The molecule has 0 saturated carbocycles. The van der Waals surface area contributed by atoms with E-state index in [0.717, 1.165) is 17.1 Å². The van der Waals surface area contributed by atoms with Crippen molar-refractivity contribution >= 4 is 17.5 Å². The van der Waals surface area contributed by atoms with Crippen LogP contribution in [0.25, 0.3) is 11.3 Å². The first-order valence-electron chi connectivity index (χ1n) is 6.72. The fraction of sp³-hybridized carbons (Fsp3) is 0.133. The Kier molecular flexibility index (Phi) is 4.20. The molecule has 0 saturated heterocycles. The monoisotopic (exact) mass is 315 g/mol. The first-order valence-corrected chi connectivity index (χ1v) is 7.10. The molecule has 0 amide bonds. The molecule has 2 aromatic heterocycles. The minimum absolute atomic E-state index is 0.442. The number of hydrogen-bond donors (Lipinski definition) is 1. The van der Waals surface area contributed by atoms with Crippen molar-refractivity contribution in [3.8, 4) is 11.3 Å². The zero-order valence-corrected chi connectivity index (χ0v) is 12.5. The van der Waals surface area contributed by atoms with E-state index in [4.69, 9.17) is 16.0 Å². The average Bonchev–Trinajstić information content (AvgIpc) is 3.15. The van der Waals surface area contributed by atoms with E-state index in [0.29, 0.717) is 24.1 Å². The van der Waals surface area contributed by atoms with Crippen LogP contribution < -0.4 is 5.32 Å². The Hall–Kier alpha value is -2.60. The number of aromatic nitrogens is 4. The smallest absolute Gasteiger partial charge is 0.263 e. The number of hydrogen-bond acceptors (Lipinski definition) is 5. The number of halogens is 1. The predicted molar refractivity (Wildman–Crippen MR) is 84.5 cm³/mol. The number of rotatable bonds is 6. The van der Waals surface area contributed by atoms with Crippen LogP contribution in [0, 0.1) is 0 Å². The number of benzene rings is 1. The summed E-state index contributed by atoms with van der Waals surface area (Å²) in [5.74, 6) is 1.93.